The highest BCUT2D eigenvalue weighted by Gasteiger charge is 2.18. The Bertz CT molecular complexity index is 969. The van der Waals surface area contributed by atoms with Gasteiger partial charge in [-0.05, 0) is 60.9 Å². The molecule has 1 unspecified atom stereocenters. The van der Waals surface area contributed by atoms with Crippen molar-refractivity contribution in [2.45, 2.75) is 26.2 Å². The van der Waals surface area contributed by atoms with Gasteiger partial charge in [-0.3, -0.25) is 4.79 Å². The number of halogens is 1. The van der Waals surface area contributed by atoms with Crippen molar-refractivity contribution >= 4 is 28.9 Å². The molecule has 1 amide bonds. The van der Waals surface area contributed by atoms with Crippen molar-refractivity contribution < 1.29 is 9.32 Å². The molecule has 1 saturated heterocycles. The van der Waals surface area contributed by atoms with Gasteiger partial charge in [0.1, 0.15) is 0 Å². The molecule has 4 rings (SSSR count). The van der Waals surface area contributed by atoms with E-state index in [1.165, 1.54) is 12.1 Å². The summed E-state index contributed by atoms with van der Waals surface area (Å²) >= 11 is 5.89. The second-order valence-corrected chi connectivity index (χ2v) is 7.89. The standard InChI is InChI=1S/C22H23ClN4O2/c1-15-12-13-27(14-15)19-8-6-18(7-9-19)24-20(28)10-11-21-25-22(26-29-21)16-2-4-17(23)5-3-16/h2-9,15H,10-14H2,1H3,(H,24,28). The summed E-state index contributed by atoms with van der Waals surface area (Å²) in [6, 6.07) is 15.2. The fourth-order valence-electron chi connectivity index (χ4n) is 3.44. The molecule has 0 spiro atoms. The molecule has 1 atom stereocenters. The fraction of sp³-hybridized carbons (Fsp3) is 0.318. The molecule has 150 valence electrons. The summed E-state index contributed by atoms with van der Waals surface area (Å²) in [5, 5.41) is 7.54. The molecular formula is C22H23ClN4O2. The molecule has 29 heavy (non-hydrogen) atoms. The van der Waals surface area contributed by atoms with Crippen LogP contribution in [0.2, 0.25) is 5.02 Å². The molecule has 1 N–H and O–H groups in total. The number of aryl methyl sites for hydroxylation is 1. The summed E-state index contributed by atoms with van der Waals surface area (Å²) < 4.78 is 5.25. The second kappa shape index (κ2) is 8.66. The van der Waals surface area contributed by atoms with E-state index < -0.39 is 0 Å². The largest absolute Gasteiger partial charge is 0.371 e. The molecular weight excluding hydrogens is 388 g/mol. The Kier molecular flexibility index (Phi) is 5.81. The van der Waals surface area contributed by atoms with E-state index in [1.807, 2.05) is 24.3 Å². The summed E-state index contributed by atoms with van der Waals surface area (Å²) in [4.78, 5) is 19.0. The van der Waals surface area contributed by atoms with E-state index in [0.717, 1.165) is 30.3 Å². The van der Waals surface area contributed by atoms with Crippen molar-refractivity contribution in [3.05, 3.63) is 59.4 Å². The van der Waals surface area contributed by atoms with Gasteiger partial charge in [0.2, 0.25) is 17.6 Å². The van der Waals surface area contributed by atoms with Gasteiger partial charge in [-0.2, -0.15) is 4.98 Å². The molecule has 0 bridgehead atoms. The molecule has 0 saturated carbocycles. The predicted molar refractivity (Wildman–Crippen MR) is 114 cm³/mol. The first kappa shape index (κ1) is 19.5. The van der Waals surface area contributed by atoms with Gasteiger partial charge in [0.25, 0.3) is 0 Å². The minimum atomic E-state index is -0.0845. The zero-order valence-corrected chi connectivity index (χ0v) is 17.0. The number of carbonyl (C=O) groups is 1. The van der Waals surface area contributed by atoms with E-state index in [9.17, 15) is 4.79 Å². The maximum atomic E-state index is 12.3. The van der Waals surface area contributed by atoms with Crippen LogP contribution in [-0.2, 0) is 11.2 Å². The van der Waals surface area contributed by atoms with Crippen LogP contribution >= 0.6 is 11.6 Å². The average molecular weight is 411 g/mol. The van der Waals surface area contributed by atoms with Crippen molar-refractivity contribution in [3.63, 3.8) is 0 Å². The van der Waals surface area contributed by atoms with Crippen LogP contribution in [0.1, 0.15) is 25.7 Å². The van der Waals surface area contributed by atoms with Crippen LogP contribution in [0.15, 0.2) is 53.1 Å². The number of amides is 1. The zero-order chi connectivity index (χ0) is 20.2. The van der Waals surface area contributed by atoms with Crippen LogP contribution in [0.3, 0.4) is 0 Å². The van der Waals surface area contributed by atoms with E-state index in [-0.39, 0.29) is 12.3 Å². The minimum Gasteiger partial charge on any atom is -0.371 e. The molecule has 0 aliphatic carbocycles. The third-order valence-corrected chi connectivity index (χ3v) is 5.33. The van der Waals surface area contributed by atoms with Gasteiger partial charge in [0.15, 0.2) is 0 Å². The lowest BCUT2D eigenvalue weighted by atomic mass is 10.2. The Labute approximate surface area is 174 Å². The number of hydrogen-bond donors (Lipinski definition) is 1. The maximum absolute atomic E-state index is 12.3. The summed E-state index contributed by atoms with van der Waals surface area (Å²) in [7, 11) is 0. The van der Waals surface area contributed by atoms with Crippen molar-refractivity contribution in [3.8, 4) is 11.4 Å². The van der Waals surface area contributed by atoms with Crippen LogP contribution in [0, 0.1) is 5.92 Å². The number of benzene rings is 2. The second-order valence-electron chi connectivity index (χ2n) is 7.45. The molecule has 3 aromatic rings. The van der Waals surface area contributed by atoms with Gasteiger partial charge in [0.05, 0.1) is 0 Å². The Balaban J connectivity index is 1.28. The Morgan fingerprint density at radius 1 is 1.21 bits per heavy atom. The minimum absolute atomic E-state index is 0.0845. The monoisotopic (exact) mass is 410 g/mol. The normalized spacial score (nSPS) is 16.2. The van der Waals surface area contributed by atoms with E-state index in [0.29, 0.717) is 23.2 Å². The molecule has 1 fully saturated rings. The van der Waals surface area contributed by atoms with Gasteiger partial charge in [-0.1, -0.05) is 23.7 Å². The molecule has 6 nitrogen and oxygen atoms in total. The lowest BCUT2D eigenvalue weighted by molar-refractivity contribution is -0.116. The molecule has 7 heteroatoms. The Hall–Kier alpha value is -2.86. The van der Waals surface area contributed by atoms with Gasteiger partial charge < -0.3 is 14.7 Å². The number of carbonyl (C=O) groups excluding carboxylic acids is 1. The number of hydrogen-bond acceptors (Lipinski definition) is 5. The first-order valence-corrected chi connectivity index (χ1v) is 10.2. The maximum Gasteiger partial charge on any atom is 0.227 e. The van der Waals surface area contributed by atoms with E-state index >= 15 is 0 Å². The number of rotatable bonds is 6. The third-order valence-electron chi connectivity index (χ3n) is 5.08. The van der Waals surface area contributed by atoms with E-state index in [1.54, 1.807) is 12.1 Å². The van der Waals surface area contributed by atoms with Crippen molar-refractivity contribution in [1.82, 2.24) is 10.1 Å². The highest BCUT2D eigenvalue weighted by molar-refractivity contribution is 6.30. The van der Waals surface area contributed by atoms with Crippen LogP contribution in [0.25, 0.3) is 11.4 Å². The third kappa shape index (κ3) is 4.95. The number of aromatic nitrogens is 2. The summed E-state index contributed by atoms with van der Waals surface area (Å²) in [5.74, 6) is 1.57. The number of nitrogens with one attached hydrogen (secondary N) is 1. The van der Waals surface area contributed by atoms with E-state index in [4.69, 9.17) is 16.1 Å². The lowest BCUT2D eigenvalue weighted by Crippen LogP contribution is -2.19. The summed E-state index contributed by atoms with van der Waals surface area (Å²) in [6.07, 6.45) is 1.89. The fourth-order valence-corrected chi connectivity index (χ4v) is 3.57. The molecule has 1 aliphatic heterocycles. The summed E-state index contributed by atoms with van der Waals surface area (Å²) in [6.45, 7) is 4.46. The number of anilines is 2. The Morgan fingerprint density at radius 2 is 1.97 bits per heavy atom. The Morgan fingerprint density at radius 3 is 2.66 bits per heavy atom. The summed E-state index contributed by atoms with van der Waals surface area (Å²) in [5.41, 5.74) is 2.81. The molecule has 2 aromatic carbocycles. The first-order valence-electron chi connectivity index (χ1n) is 9.80. The number of nitrogens with zero attached hydrogens (tertiary/aromatic N) is 3. The highest BCUT2D eigenvalue weighted by Crippen LogP contribution is 2.25. The van der Waals surface area contributed by atoms with Crippen LogP contribution < -0.4 is 10.2 Å². The molecule has 2 heterocycles. The predicted octanol–water partition coefficient (Wildman–Crippen LogP) is 4.81. The average Bonchev–Trinajstić information content (AvgIpc) is 3.37. The van der Waals surface area contributed by atoms with Gasteiger partial charge in [-0.25, -0.2) is 0 Å². The SMILES string of the molecule is CC1CCN(c2ccc(NC(=O)CCc3nc(-c4ccc(Cl)cc4)no3)cc2)C1. The lowest BCUT2D eigenvalue weighted by Gasteiger charge is -2.18. The molecule has 0 radical (unpaired) electrons. The van der Waals surface area contributed by atoms with Gasteiger partial charge >= 0.3 is 0 Å². The van der Waals surface area contributed by atoms with Gasteiger partial charge in [0, 0.05) is 47.9 Å². The quantitative estimate of drug-likeness (QED) is 0.631. The van der Waals surface area contributed by atoms with Crippen LogP contribution in [0.5, 0.6) is 0 Å². The highest BCUT2D eigenvalue weighted by atomic mass is 35.5. The van der Waals surface area contributed by atoms with E-state index in [2.05, 4.69) is 39.4 Å². The topological polar surface area (TPSA) is 71.3 Å². The zero-order valence-electron chi connectivity index (χ0n) is 16.3. The van der Waals surface area contributed by atoms with Crippen LogP contribution in [0.4, 0.5) is 11.4 Å². The molecule has 1 aromatic heterocycles. The smallest absolute Gasteiger partial charge is 0.227 e. The van der Waals surface area contributed by atoms with Gasteiger partial charge in [-0.15, -0.1) is 0 Å². The van der Waals surface area contributed by atoms with Crippen LogP contribution in [-0.4, -0.2) is 29.1 Å². The van der Waals surface area contributed by atoms with Crippen molar-refractivity contribution in [1.29, 1.82) is 0 Å². The van der Waals surface area contributed by atoms with Crippen molar-refractivity contribution in [2.75, 3.05) is 23.3 Å². The van der Waals surface area contributed by atoms with Crippen molar-refractivity contribution in [2.24, 2.45) is 5.92 Å². The first-order chi connectivity index (χ1) is 14.1. The molecule has 1 aliphatic rings.